The maximum absolute atomic E-state index is 11.8. The number of nitrogens with one attached hydrogen (secondary N) is 1. The second-order valence-electron chi connectivity index (χ2n) is 3.95. The Hall–Kier alpha value is -0.490. The molecule has 1 aromatic carbocycles. The van der Waals surface area contributed by atoms with Crippen LogP contribution in [0.3, 0.4) is 0 Å². The lowest BCUT2D eigenvalue weighted by Gasteiger charge is -2.08. The van der Waals surface area contributed by atoms with E-state index in [0.717, 1.165) is 18.9 Å². The first-order chi connectivity index (χ1) is 8.29. The zero-order valence-electron chi connectivity index (χ0n) is 8.91. The van der Waals surface area contributed by atoms with Crippen LogP contribution in [0, 0.1) is 0 Å². The zero-order valence-corrected chi connectivity index (χ0v) is 12.0. The van der Waals surface area contributed by atoms with Crippen LogP contribution in [0.15, 0.2) is 17.0 Å². The second kappa shape index (κ2) is 4.89. The molecule has 1 aliphatic carbocycles. The molecule has 1 aromatic rings. The smallest absolute Gasteiger partial charge is 0.262 e. The molecule has 8 heteroatoms. The van der Waals surface area contributed by atoms with Crippen LogP contribution >= 0.6 is 33.9 Å². The van der Waals surface area contributed by atoms with Crippen molar-refractivity contribution in [1.82, 2.24) is 5.32 Å². The van der Waals surface area contributed by atoms with E-state index in [-0.39, 0.29) is 26.5 Å². The molecule has 4 nitrogen and oxygen atoms in total. The summed E-state index contributed by atoms with van der Waals surface area (Å²) in [7, 11) is 1.21. The average molecular weight is 329 g/mol. The first-order valence-electron chi connectivity index (χ1n) is 5.03. The lowest BCUT2D eigenvalue weighted by Crippen LogP contribution is -2.25. The number of benzene rings is 1. The Bertz CT molecular complexity index is 611. The highest BCUT2D eigenvalue weighted by atomic mass is 35.7. The molecule has 18 heavy (non-hydrogen) atoms. The summed E-state index contributed by atoms with van der Waals surface area (Å²) in [5.41, 5.74) is 0.0483. The van der Waals surface area contributed by atoms with E-state index in [9.17, 15) is 13.2 Å². The fourth-order valence-corrected chi connectivity index (χ4v) is 3.21. The second-order valence-corrected chi connectivity index (χ2v) is 7.30. The van der Waals surface area contributed by atoms with Gasteiger partial charge in [0, 0.05) is 16.7 Å². The Morgan fingerprint density at radius 3 is 2.33 bits per heavy atom. The van der Waals surface area contributed by atoms with Crippen LogP contribution in [-0.2, 0) is 9.05 Å². The van der Waals surface area contributed by atoms with Crippen LogP contribution in [0.5, 0.6) is 0 Å². The summed E-state index contributed by atoms with van der Waals surface area (Å²) >= 11 is 11.6. The van der Waals surface area contributed by atoms with Gasteiger partial charge in [-0.25, -0.2) is 8.42 Å². The van der Waals surface area contributed by atoms with E-state index < -0.39 is 15.0 Å². The van der Waals surface area contributed by atoms with Crippen molar-refractivity contribution in [2.24, 2.45) is 0 Å². The van der Waals surface area contributed by atoms with Gasteiger partial charge in [-0.3, -0.25) is 4.79 Å². The van der Waals surface area contributed by atoms with Gasteiger partial charge in [-0.15, -0.1) is 0 Å². The number of amides is 1. The predicted octanol–water partition coefficient (Wildman–Crippen LogP) is 2.81. The molecule has 0 aliphatic heterocycles. The van der Waals surface area contributed by atoms with E-state index in [4.69, 9.17) is 33.9 Å². The molecule has 98 valence electrons. The van der Waals surface area contributed by atoms with Crippen molar-refractivity contribution in [3.63, 3.8) is 0 Å². The summed E-state index contributed by atoms with van der Waals surface area (Å²) in [4.78, 5) is 11.5. The van der Waals surface area contributed by atoms with Gasteiger partial charge >= 0.3 is 0 Å². The molecule has 0 atom stereocenters. The monoisotopic (exact) mass is 327 g/mol. The van der Waals surface area contributed by atoms with Crippen molar-refractivity contribution < 1.29 is 13.2 Å². The summed E-state index contributed by atoms with van der Waals surface area (Å²) in [6.45, 7) is 0. The molecule has 0 heterocycles. The Morgan fingerprint density at radius 1 is 1.22 bits per heavy atom. The maximum atomic E-state index is 11.8. The molecule has 1 N–H and O–H groups in total. The number of hydrogen-bond acceptors (Lipinski definition) is 3. The molecule has 0 spiro atoms. The molecular formula is C10H8Cl3NO3S. The van der Waals surface area contributed by atoms with Crippen LogP contribution in [0.4, 0.5) is 0 Å². The highest BCUT2D eigenvalue weighted by Crippen LogP contribution is 2.31. The summed E-state index contributed by atoms with van der Waals surface area (Å²) in [5.74, 6) is -0.430. The highest BCUT2D eigenvalue weighted by molar-refractivity contribution is 8.13. The van der Waals surface area contributed by atoms with Gasteiger partial charge in [0.2, 0.25) is 0 Å². The minimum absolute atomic E-state index is 0.0483. The lowest BCUT2D eigenvalue weighted by molar-refractivity contribution is 0.0951. The van der Waals surface area contributed by atoms with Gasteiger partial charge in [-0.2, -0.15) is 0 Å². The van der Waals surface area contributed by atoms with Crippen molar-refractivity contribution in [3.05, 3.63) is 27.7 Å². The van der Waals surface area contributed by atoms with E-state index in [1.165, 1.54) is 6.07 Å². The van der Waals surface area contributed by atoms with Gasteiger partial charge < -0.3 is 5.32 Å². The van der Waals surface area contributed by atoms with E-state index in [1.54, 1.807) is 0 Å². The van der Waals surface area contributed by atoms with Crippen molar-refractivity contribution >= 4 is 48.8 Å². The maximum Gasteiger partial charge on any atom is 0.262 e. The number of halogens is 3. The van der Waals surface area contributed by atoms with E-state index in [2.05, 4.69) is 5.32 Å². The molecule has 1 aliphatic rings. The van der Waals surface area contributed by atoms with Crippen molar-refractivity contribution in [2.75, 3.05) is 0 Å². The normalized spacial score (nSPS) is 15.5. The van der Waals surface area contributed by atoms with Crippen LogP contribution in [0.25, 0.3) is 0 Å². The quantitative estimate of drug-likeness (QED) is 0.868. The lowest BCUT2D eigenvalue weighted by atomic mass is 10.2. The minimum Gasteiger partial charge on any atom is -0.349 e. The SMILES string of the molecule is O=C(NC1CC1)c1cc(S(=O)(=O)Cl)c(Cl)cc1Cl. The van der Waals surface area contributed by atoms with Gasteiger partial charge in [0.15, 0.2) is 0 Å². The molecule has 1 amide bonds. The van der Waals surface area contributed by atoms with Crippen molar-refractivity contribution in [2.45, 2.75) is 23.8 Å². The Morgan fingerprint density at radius 2 is 1.83 bits per heavy atom. The van der Waals surface area contributed by atoms with E-state index in [0.29, 0.717) is 0 Å². The minimum atomic E-state index is -4.02. The largest absolute Gasteiger partial charge is 0.349 e. The highest BCUT2D eigenvalue weighted by Gasteiger charge is 2.26. The fourth-order valence-electron chi connectivity index (χ4n) is 1.38. The Kier molecular flexibility index (Phi) is 3.78. The first-order valence-corrected chi connectivity index (χ1v) is 8.10. The summed E-state index contributed by atoms with van der Waals surface area (Å²) in [6, 6.07) is 2.42. The van der Waals surface area contributed by atoms with Crippen LogP contribution in [0.2, 0.25) is 10.0 Å². The molecule has 2 rings (SSSR count). The predicted molar refractivity (Wildman–Crippen MR) is 70.0 cm³/mol. The molecule has 0 bridgehead atoms. The summed E-state index contributed by atoms with van der Waals surface area (Å²) in [6.07, 6.45) is 1.83. The first kappa shape index (κ1) is 13.9. The number of carbonyl (C=O) groups is 1. The third kappa shape index (κ3) is 3.09. The molecule has 1 saturated carbocycles. The van der Waals surface area contributed by atoms with Gasteiger partial charge in [-0.1, -0.05) is 23.2 Å². The molecule has 0 radical (unpaired) electrons. The number of rotatable bonds is 3. The van der Waals surface area contributed by atoms with Crippen molar-refractivity contribution in [1.29, 1.82) is 0 Å². The van der Waals surface area contributed by atoms with Crippen LogP contribution < -0.4 is 5.32 Å². The van der Waals surface area contributed by atoms with Gasteiger partial charge in [-0.05, 0) is 25.0 Å². The van der Waals surface area contributed by atoms with Crippen LogP contribution in [-0.4, -0.2) is 20.4 Å². The van der Waals surface area contributed by atoms with Crippen LogP contribution in [0.1, 0.15) is 23.2 Å². The number of carbonyl (C=O) groups excluding carboxylic acids is 1. The number of hydrogen-bond donors (Lipinski definition) is 1. The van der Waals surface area contributed by atoms with Gasteiger partial charge in [0.05, 0.1) is 15.6 Å². The molecule has 0 aromatic heterocycles. The summed E-state index contributed by atoms with van der Waals surface area (Å²) < 4.78 is 22.6. The van der Waals surface area contributed by atoms with Gasteiger partial charge in [0.25, 0.3) is 15.0 Å². The molecule has 0 saturated heterocycles. The standard InChI is InChI=1S/C10H8Cl3NO3S/c11-7-4-8(12)9(18(13,16)17)3-6(7)10(15)14-5-1-2-5/h3-5H,1-2H2,(H,14,15). The van der Waals surface area contributed by atoms with Gasteiger partial charge in [0.1, 0.15) is 4.90 Å². The average Bonchev–Trinajstić information content (AvgIpc) is 2.99. The zero-order chi connectivity index (χ0) is 13.5. The van der Waals surface area contributed by atoms with Crippen molar-refractivity contribution in [3.8, 4) is 0 Å². The van der Waals surface area contributed by atoms with E-state index in [1.807, 2.05) is 0 Å². The molecule has 1 fully saturated rings. The Labute approximate surface area is 119 Å². The fraction of sp³-hybridized carbons (Fsp3) is 0.300. The Balaban J connectivity index is 2.43. The third-order valence-electron chi connectivity index (χ3n) is 2.44. The topological polar surface area (TPSA) is 63.2 Å². The summed E-state index contributed by atoms with van der Waals surface area (Å²) in [5, 5.41) is 2.68. The third-order valence-corrected chi connectivity index (χ3v) is 4.54. The molecule has 0 unspecified atom stereocenters. The molecular weight excluding hydrogens is 321 g/mol. The van der Waals surface area contributed by atoms with E-state index >= 15 is 0 Å².